The molecule has 2 aromatic rings. The summed E-state index contributed by atoms with van der Waals surface area (Å²) in [6.07, 6.45) is 0. The summed E-state index contributed by atoms with van der Waals surface area (Å²) < 4.78 is 0.935. The van der Waals surface area contributed by atoms with E-state index in [1.807, 2.05) is 39.0 Å². The third-order valence-electron chi connectivity index (χ3n) is 2.39. The monoisotopic (exact) mass is 328 g/mol. The lowest BCUT2D eigenvalue weighted by atomic mass is 9.95. The van der Waals surface area contributed by atoms with Crippen LogP contribution in [0.4, 0.5) is 0 Å². The van der Waals surface area contributed by atoms with E-state index in [9.17, 15) is 4.79 Å². The number of rotatable bonds is 0. The van der Waals surface area contributed by atoms with E-state index in [4.69, 9.17) is 0 Å². The summed E-state index contributed by atoms with van der Waals surface area (Å²) in [4.78, 5) is 19.3. The van der Waals surface area contributed by atoms with E-state index < -0.39 is 0 Å². The summed E-state index contributed by atoms with van der Waals surface area (Å²) in [5.41, 5.74) is 0.565. The molecule has 84 valence electrons. The summed E-state index contributed by atoms with van der Waals surface area (Å²) >= 11 is 2.16. The van der Waals surface area contributed by atoms with Crippen molar-refractivity contribution in [3.05, 3.63) is 37.9 Å². The number of fused-ring (bicyclic) bond motifs is 1. The number of hydrogen-bond donors (Lipinski definition) is 1. The lowest BCUT2D eigenvalue weighted by Crippen LogP contribution is -2.22. The van der Waals surface area contributed by atoms with Crippen LogP contribution in [0.15, 0.2) is 23.0 Å². The Labute approximate surface area is 107 Å². The summed E-state index contributed by atoms with van der Waals surface area (Å²) in [6, 6.07) is 5.71. The maximum atomic E-state index is 12.0. The molecular formula is C12H13IN2O. The zero-order valence-corrected chi connectivity index (χ0v) is 11.6. The van der Waals surface area contributed by atoms with E-state index in [0.29, 0.717) is 5.39 Å². The summed E-state index contributed by atoms with van der Waals surface area (Å²) in [5, 5.41) is 0.677. The van der Waals surface area contributed by atoms with Gasteiger partial charge in [0, 0.05) is 8.99 Å². The van der Waals surface area contributed by atoms with Crippen molar-refractivity contribution >= 4 is 33.5 Å². The number of H-pyrrole nitrogens is 1. The third kappa shape index (κ3) is 1.98. The van der Waals surface area contributed by atoms with E-state index in [1.54, 1.807) is 0 Å². The van der Waals surface area contributed by atoms with Gasteiger partial charge in [0.15, 0.2) is 0 Å². The Bertz CT molecular complexity index is 596. The topological polar surface area (TPSA) is 45.8 Å². The lowest BCUT2D eigenvalue weighted by Gasteiger charge is -2.17. The van der Waals surface area contributed by atoms with E-state index in [0.717, 1.165) is 14.9 Å². The molecule has 0 atom stereocenters. The SMILES string of the molecule is CC(C)(C)c1nc2cccc(I)c2c(=O)[nH]1. The summed E-state index contributed by atoms with van der Waals surface area (Å²) in [7, 11) is 0. The van der Waals surface area contributed by atoms with Gasteiger partial charge in [0.25, 0.3) is 5.56 Å². The van der Waals surface area contributed by atoms with E-state index in [1.165, 1.54) is 0 Å². The number of benzene rings is 1. The molecule has 1 N–H and O–H groups in total. The highest BCUT2D eigenvalue weighted by Crippen LogP contribution is 2.20. The summed E-state index contributed by atoms with van der Waals surface area (Å²) in [6.45, 7) is 6.10. The van der Waals surface area contributed by atoms with Crippen molar-refractivity contribution in [3.8, 4) is 0 Å². The van der Waals surface area contributed by atoms with Crippen LogP contribution in [0, 0.1) is 3.57 Å². The van der Waals surface area contributed by atoms with Gasteiger partial charge in [-0.05, 0) is 34.7 Å². The van der Waals surface area contributed by atoms with Crippen molar-refractivity contribution in [2.24, 2.45) is 0 Å². The minimum atomic E-state index is -0.144. The van der Waals surface area contributed by atoms with Crippen molar-refractivity contribution in [1.29, 1.82) is 0 Å². The predicted octanol–water partition coefficient (Wildman–Crippen LogP) is 2.83. The largest absolute Gasteiger partial charge is 0.310 e. The van der Waals surface area contributed by atoms with Gasteiger partial charge in [-0.25, -0.2) is 4.98 Å². The highest BCUT2D eigenvalue weighted by Gasteiger charge is 2.18. The average molecular weight is 328 g/mol. The molecule has 0 unspecified atom stereocenters. The first-order valence-electron chi connectivity index (χ1n) is 5.08. The number of nitrogens with one attached hydrogen (secondary N) is 1. The van der Waals surface area contributed by atoms with Crippen molar-refractivity contribution in [3.63, 3.8) is 0 Å². The smallest absolute Gasteiger partial charge is 0.259 e. The molecule has 0 amide bonds. The fraction of sp³-hybridized carbons (Fsp3) is 0.333. The fourth-order valence-corrected chi connectivity index (χ4v) is 2.23. The number of aromatic amines is 1. The normalized spacial score (nSPS) is 12.0. The van der Waals surface area contributed by atoms with Crippen LogP contribution in [0.1, 0.15) is 26.6 Å². The predicted molar refractivity (Wildman–Crippen MR) is 73.8 cm³/mol. The second-order valence-electron chi connectivity index (χ2n) is 4.80. The molecule has 0 fully saturated rings. The molecular weight excluding hydrogens is 315 g/mol. The van der Waals surface area contributed by atoms with E-state index in [-0.39, 0.29) is 11.0 Å². The van der Waals surface area contributed by atoms with Crippen LogP contribution in [0.5, 0.6) is 0 Å². The standard InChI is InChI=1S/C12H13IN2O/c1-12(2,3)11-14-8-6-4-5-7(13)9(8)10(16)15-11/h4-6H,1-3H3,(H,14,15,16). The maximum absolute atomic E-state index is 12.0. The first kappa shape index (κ1) is 11.6. The van der Waals surface area contributed by atoms with Gasteiger partial charge in [-0.2, -0.15) is 0 Å². The van der Waals surface area contributed by atoms with Crippen LogP contribution in [0.25, 0.3) is 10.9 Å². The number of aromatic nitrogens is 2. The molecule has 0 saturated carbocycles. The molecule has 0 aliphatic heterocycles. The van der Waals surface area contributed by atoms with Crippen molar-refractivity contribution < 1.29 is 0 Å². The first-order chi connectivity index (χ1) is 7.39. The Morgan fingerprint density at radius 1 is 1.31 bits per heavy atom. The summed E-state index contributed by atoms with van der Waals surface area (Å²) in [5.74, 6) is 0.729. The molecule has 4 heteroatoms. The van der Waals surface area contributed by atoms with Gasteiger partial charge < -0.3 is 4.98 Å². The quantitative estimate of drug-likeness (QED) is 0.756. The number of hydrogen-bond acceptors (Lipinski definition) is 2. The van der Waals surface area contributed by atoms with Gasteiger partial charge in [0.1, 0.15) is 5.82 Å². The Balaban J connectivity index is 2.85. The molecule has 3 nitrogen and oxygen atoms in total. The van der Waals surface area contributed by atoms with Crippen molar-refractivity contribution in [2.45, 2.75) is 26.2 Å². The second-order valence-corrected chi connectivity index (χ2v) is 5.96. The van der Waals surface area contributed by atoms with E-state index >= 15 is 0 Å². The number of nitrogens with zero attached hydrogens (tertiary/aromatic N) is 1. The second kappa shape index (κ2) is 3.84. The Hall–Kier alpha value is -0.910. The lowest BCUT2D eigenvalue weighted by molar-refractivity contribution is 0.546. The van der Waals surface area contributed by atoms with Gasteiger partial charge in [-0.1, -0.05) is 26.8 Å². The molecule has 0 spiro atoms. The molecule has 0 bridgehead atoms. The highest BCUT2D eigenvalue weighted by molar-refractivity contribution is 14.1. The zero-order valence-electron chi connectivity index (χ0n) is 9.47. The van der Waals surface area contributed by atoms with Crippen molar-refractivity contribution in [2.75, 3.05) is 0 Å². The molecule has 1 heterocycles. The van der Waals surface area contributed by atoms with Crippen LogP contribution < -0.4 is 5.56 Å². The zero-order chi connectivity index (χ0) is 11.9. The van der Waals surface area contributed by atoms with E-state index in [2.05, 4.69) is 32.6 Å². The first-order valence-corrected chi connectivity index (χ1v) is 6.16. The minimum absolute atomic E-state index is 0.0556. The Morgan fingerprint density at radius 3 is 2.62 bits per heavy atom. The highest BCUT2D eigenvalue weighted by atomic mass is 127. The van der Waals surface area contributed by atoms with Gasteiger partial charge in [-0.3, -0.25) is 4.79 Å². The molecule has 16 heavy (non-hydrogen) atoms. The molecule has 1 aromatic carbocycles. The minimum Gasteiger partial charge on any atom is -0.310 e. The Morgan fingerprint density at radius 2 is 2.00 bits per heavy atom. The van der Waals surface area contributed by atoms with Gasteiger partial charge >= 0.3 is 0 Å². The van der Waals surface area contributed by atoms with Gasteiger partial charge in [-0.15, -0.1) is 0 Å². The average Bonchev–Trinajstić information content (AvgIpc) is 2.15. The molecule has 0 radical (unpaired) electrons. The number of halogens is 1. The molecule has 2 rings (SSSR count). The molecule has 1 aromatic heterocycles. The van der Waals surface area contributed by atoms with Gasteiger partial charge in [0.05, 0.1) is 10.9 Å². The molecule has 0 aliphatic carbocycles. The van der Waals surface area contributed by atoms with Crippen molar-refractivity contribution in [1.82, 2.24) is 9.97 Å². The fourth-order valence-electron chi connectivity index (χ4n) is 1.50. The van der Waals surface area contributed by atoms with Gasteiger partial charge in [0.2, 0.25) is 0 Å². The van der Waals surface area contributed by atoms with Crippen LogP contribution >= 0.6 is 22.6 Å². The Kier molecular flexibility index (Phi) is 2.77. The van der Waals surface area contributed by atoms with Crippen LogP contribution in [-0.4, -0.2) is 9.97 Å². The van der Waals surface area contributed by atoms with Crippen LogP contribution in [0.3, 0.4) is 0 Å². The molecule has 0 aliphatic rings. The third-order valence-corrected chi connectivity index (χ3v) is 3.29. The van der Waals surface area contributed by atoms with Crippen LogP contribution in [-0.2, 0) is 5.41 Å². The maximum Gasteiger partial charge on any atom is 0.259 e. The van der Waals surface area contributed by atoms with Crippen LogP contribution in [0.2, 0.25) is 0 Å². The molecule has 0 saturated heterocycles.